The number of hydrogen-bond donors (Lipinski definition) is 1. The molecule has 1 heterocycles. The number of aromatic carboxylic acids is 1. The lowest BCUT2D eigenvalue weighted by Crippen LogP contribution is -1.98. The first-order chi connectivity index (χ1) is 7.04. The Morgan fingerprint density at radius 2 is 2.20 bits per heavy atom. The van der Waals surface area contributed by atoms with Crippen molar-refractivity contribution in [2.75, 3.05) is 0 Å². The van der Waals surface area contributed by atoms with Crippen molar-refractivity contribution in [3.63, 3.8) is 0 Å². The van der Waals surface area contributed by atoms with Gasteiger partial charge < -0.3 is 5.11 Å². The normalized spacial score (nSPS) is 10.9. The van der Waals surface area contributed by atoms with E-state index in [1.165, 1.54) is 11.3 Å². The van der Waals surface area contributed by atoms with E-state index in [9.17, 15) is 4.79 Å². The van der Waals surface area contributed by atoms with Crippen LogP contribution in [0.5, 0.6) is 0 Å². The van der Waals surface area contributed by atoms with Crippen molar-refractivity contribution in [3.05, 3.63) is 15.6 Å². The van der Waals surface area contributed by atoms with Gasteiger partial charge in [-0.3, -0.25) is 0 Å². The molecule has 3 nitrogen and oxygen atoms in total. The van der Waals surface area contributed by atoms with Crippen LogP contribution in [0.3, 0.4) is 0 Å². The molecule has 1 rings (SSSR count). The number of carboxylic acids is 1. The predicted octanol–water partition coefficient (Wildman–Crippen LogP) is 2.99. The average Bonchev–Trinajstić information content (AvgIpc) is 2.47. The zero-order chi connectivity index (χ0) is 11.4. The van der Waals surface area contributed by atoms with Crippen molar-refractivity contribution in [1.82, 2.24) is 4.98 Å². The molecule has 0 saturated heterocycles. The van der Waals surface area contributed by atoms with E-state index in [0.717, 1.165) is 30.0 Å². The summed E-state index contributed by atoms with van der Waals surface area (Å²) in [6, 6.07) is 0. The molecule has 1 aromatic heterocycles. The van der Waals surface area contributed by atoms with Gasteiger partial charge >= 0.3 is 5.97 Å². The summed E-state index contributed by atoms with van der Waals surface area (Å²) in [6.45, 7) is 6.26. The molecule has 0 aliphatic rings. The van der Waals surface area contributed by atoms with Gasteiger partial charge in [-0.25, -0.2) is 9.78 Å². The molecule has 4 heteroatoms. The Balaban J connectivity index is 2.93. The van der Waals surface area contributed by atoms with Gasteiger partial charge in [0, 0.05) is 6.42 Å². The molecular weight excluding hydrogens is 210 g/mol. The van der Waals surface area contributed by atoms with Crippen LogP contribution in [0.2, 0.25) is 0 Å². The summed E-state index contributed by atoms with van der Waals surface area (Å²) >= 11 is 1.33. The lowest BCUT2D eigenvalue weighted by atomic mass is 10.1. The maximum Gasteiger partial charge on any atom is 0.347 e. The predicted molar refractivity (Wildman–Crippen MR) is 61.6 cm³/mol. The number of hydrogen-bond acceptors (Lipinski definition) is 3. The summed E-state index contributed by atoms with van der Waals surface area (Å²) in [4.78, 5) is 15.8. The molecule has 0 aliphatic carbocycles. The van der Waals surface area contributed by atoms with Crippen LogP contribution in [0, 0.1) is 5.92 Å². The summed E-state index contributed by atoms with van der Waals surface area (Å²) in [5, 5.41) is 9.96. The van der Waals surface area contributed by atoms with Crippen LogP contribution in [0.25, 0.3) is 0 Å². The highest BCUT2D eigenvalue weighted by Gasteiger charge is 2.16. The summed E-state index contributed by atoms with van der Waals surface area (Å²) in [7, 11) is 0. The van der Waals surface area contributed by atoms with Crippen LogP contribution in [0.1, 0.15) is 47.6 Å². The molecule has 0 saturated carbocycles. The fraction of sp³-hybridized carbons (Fsp3) is 0.636. The van der Waals surface area contributed by atoms with E-state index >= 15 is 0 Å². The summed E-state index contributed by atoms with van der Waals surface area (Å²) in [5.41, 5.74) is 0.755. The van der Waals surface area contributed by atoms with Gasteiger partial charge in [0.1, 0.15) is 4.88 Å². The highest BCUT2D eigenvalue weighted by molar-refractivity contribution is 7.13. The van der Waals surface area contributed by atoms with Gasteiger partial charge in [0.2, 0.25) is 0 Å². The van der Waals surface area contributed by atoms with Crippen molar-refractivity contribution in [1.29, 1.82) is 0 Å². The molecule has 0 fully saturated rings. The molecule has 84 valence electrons. The van der Waals surface area contributed by atoms with Crippen molar-refractivity contribution in [3.8, 4) is 0 Å². The number of aromatic nitrogens is 1. The number of nitrogens with zero attached hydrogens (tertiary/aromatic N) is 1. The molecule has 0 atom stereocenters. The van der Waals surface area contributed by atoms with Gasteiger partial charge in [0.05, 0.1) is 10.7 Å². The topological polar surface area (TPSA) is 50.2 Å². The fourth-order valence-electron chi connectivity index (χ4n) is 1.41. The lowest BCUT2D eigenvalue weighted by Gasteiger charge is -1.98. The minimum atomic E-state index is -0.842. The number of aryl methyl sites for hydroxylation is 1. The van der Waals surface area contributed by atoms with Crippen LogP contribution in [0.4, 0.5) is 0 Å². The van der Waals surface area contributed by atoms with Gasteiger partial charge in [0.15, 0.2) is 0 Å². The third-order valence-electron chi connectivity index (χ3n) is 2.01. The number of carbonyl (C=O) groups is 1. The van der Waals surface area contributed by atoms with Gasteiger partial charge in [-0.1, -0.05) is 27.2 Å². The molecule has 0 spiro atoms. The maximum absolute atomic E-state index is 11.0. The van der Waals surface area contributed by atoms with Crippen LogP contribution in [-0.4, -0.2) is 16.1 Å². The van der Waals surface area contributed by atoms with Gasteiger partial charge in [-0.15, -0.1) is 11.3 Å². The highest BCUT2D eigenvalue weighted by atomic mass is 32.1. The number of thiazole rings is 1. The highest BCUT2D eigenvalue weighted by Crippen LogP contribution is 2.22. The molecule has 0 bridgehead atoms. The zero-order valence-electron chi connectivity index (χ0n) is 9.41. The smallest absolute Gasteiger partial charge is 0.347 e. The first kappa shape index (κ1) is 12.2. The number of rotatable bonds is 5. The molecule has 1 N–H and O–H groups in total. The Morgan fingerprint density at radius 1 is 1.53 bits per heavy atom. The summed E-state index contributed by atoms with van der Waals surface area (Å²) in [5.74, 6) is -0.321. The van der Waals surface area contributed by atoms with E-state index in [2.05, 4.69) is 18.8 Å². The molecule has 0 radical (unpaired) electrons. The summed E-state index contributed by atoms with van der Waals surface area (Å²) in [6.07, 6.45) is 2.57. The Hall–Kier alpha value is -0.900. The summed E-state index contributed by atoms with van der Waals surface area (Å²) < 4.78 is 0. The van der Waals surface area contributed by atoms with Crippen LogP contribution < -0.4 is 0 Å². The minimum absolute atomic E-state index is 0.424. The molecule has 0 amide bonds. The Bertz CT molecular complexity index is 344. The van der Waals surface area contributed by atoms with E-state index < -0.39 is 5.97 Å². The maximum atomic E-state index is 11.0. The van der Waals surface area contributed by atoms with Crippen molar-refractivity contribution >= 4 is 17.3 Å². The Labute approximate surface area is 94.2 Å². The van der Waals surface area contributed by atoms with Crippen molar-refractivity contribution in [2.45, 2.75) is 40.0 Å². The molecule has 0 aliphatic heterocycles. The lowest BCUT2D eigenvalue weighted by molar-refractivity contribution is 0.0700. The van der Waals surface area contributed by atoms with Crippen LogP contribution in [-0.2, 0) is 12.8 Å². The second-order valence-electron chi connectivity index (χ2n) is 4.04. The Kier molecular flexibility index (Phi) is 4.27. The zero-order valence-corrected chi connectivity index (χ0v) is 10.2. The molecule has 1 aromatic rings. The van der Waals surface area contributed by atoms with Crippen LogP contribution in [0.15, 0.2) is 0 Å². The number of carboxylic acid groups (broad SMARTS) is 1. The Morgan fingerprint density at radius 3 is 2.67 bits per heavy atom. The average molecular weight is 227 g/mol. The van der Waals surface area contributed by atoms with Gasteiger partial charge in [-0.05, 0) is 12.3 Å². The molecule has 15 heavy (non-hydrogen) atoms. The third-order valence-corrected chi connectivity index (χ3v) is 3.11. The van der Waals surface area contributed by atoms with Crippen molar-refractivity contribution < 1.29 is 9.90 Å². The van der Waals surface area contributed by atoms with E-state index in [-0.39, 0.29) is 0 Å². The molecular formula is C11H17NO2S. The fourth-order valence-corrected chi connectivity index (χ4v) is 2.57. The molecule has 0 unspecified atom stereocenters. The van der Waals surface area contributed by atoms with E-state index in [4.69, 9.17) is 5.11 Å². The van der Waals surface area contributed by atoms with E-state index in [0.29, 0.717) is 10.8 Å². The SMILES string of the molecule is CCCc1nc(CC(C)C)sc1C(=O)O. The molecule has 0 aromatic carbocycles. The second-order valence-corrected chi connectivity index (χ2v) is 5.12. The van der Waals surface area contributed by atoms with Crippen molar-refractivity contribution in [2.24, 2.45) is 5.92 Å². The van der Waals surface area contributed by atoms with Gasteiger partial charge in [0.25, 0.3) is 0 Å². The quantitative estimate of drug-likeness (QED) is 0.841. The first-order valence-corrected chi connectivity index (χ1v) is 6.08. The van der Waals surface area contributed by atoms with E-state index in [1.54, 1.807) is 0 Å². The third kappa shape index (κ3) is 3.30. The van der Waals surface area contributed by atoms with Crippen LogP contribution >= 0.6 is 11.3 Å². The standard InChI is InChI=1S/C11H17NO2S/c1-4-5-8-10(11(13)14)15-9(12-8)6-7(2)3/h7H,4-6H2,1-3H3,(H,13,14). The van der Waals surface area contributed by atoms with E-state index in [1.807, 2.05) is 6.92 Å². The second kappa shape index (κ2) is 5.26. The monoisotopic (exact) mass is 227 g/mol. The van der Waals surface area contributed by atoms with Gasteiger partial charge in [-0.2, -0.15) is 0 Å². The first-order valence-electron chi connectivity index (χ1n) is 5.26. The minimum Gasteiger partial charge on any atom is -0.477 e. The largest absolute Gasteiger partial charge is 0.477 e.